The van der Waals surface area contributed by atoms with Crippen molar-refractivity contribution in [2.75, 3.05) is 0 Å². The van der Waals surface area contributed by atoms with Crippen LogP contribution in [0.2, 0.25) is 0 Å². The molecule has 84 valence electrons. The van der Waals surface area contributed by atoms with Crippen molar-refractivity contribution >= 4 is 15.9 Å². The zero-order chi connectivity index (χ0) is 11.7. The highest BCUT2D eigenvalue weighted by molar-refractivity contribution is 9.10. The van der Waals surface area contributed by atoms with Gasteiger partial charge in [-0.15, -0.1) is 0 Å². The SMILES string of the molecule is NCc1nc(-c2cc(Br)cc(F)c2O)no1. The number of phenolic OH excluding ortho intramolecular Hbond substituents is 1. The number of benzene rings is 1. The fourth-order valence-electron chi connectivity index (χ4n) is 1.18. The molecule has 0 saturated heterocycles. The predicted molar refractivity (Wildman–Crippen MR) is 56.9 cm³/mol. The average Bonchev–Trinajstić information content (AvgIpc) is 2.71. The van der Waals surface area contributed by atoms with Crippen LogP contribution in [0.4, 0.5) is 4.39 Å². The van der Waals surface area contributed by atoms with E-state index in [9.17, 15) is 9.50 Å². The molecule has 2 rings (SSSR count). The Morgan fingerprint density at radius 2 is 2.25 bits per heavy atom. The van der Waals surface area contributed by atoms with Gasteiger partial charge in [0, 0.05) is 4.47 Å². The first-order valence-corrected chi connectivity index (χ1v) is 5.12. The molecule has 1 aromatic carbocycles. The molecule has 0 saturated carbocycles. The summed E-state index contributed by atoms with van der Waals surface area (Å²) in [5.41, 5.74) is 5.45. The first-order valence-electron chi connectivity index (χ1n) is 4.33. The summed E-state index contributed by atoms with van der Waals surface area (Å²) in [6.07, 6.45) is 0. The Kier molecular flexibility index (Phi) is 2.88. The van der Waals surface area contributed by atoms with Crippen molar-refractivity contribution in [1.29, 1.82) is 0 Å². The molecule has 0 radical (unpaired) electrons. The van der Waals surface area contributed by atoms with Crippen molar-refractivity contribution in [3.05, 3.63) is 28.3 Å². The number of halogens is 2. The van der Waals surface area contributed by atoms with E-state index in [1.165, 1.54) is 6.07 Å². The molecule has 0 bridgehead atoms. The second kappa shape index (κ2) is 4.18. The van der Waals surface area contributed by atoms with Crippen molar-refractivity contribution in [2.24, 2.45) is 5.73 Å². The fourth-order valence-corrected chi connectivity index (χ4v) is 1.61. The molecule has 5 nitrogen and oxygen atoms in total. The van der Waals surface area contributed by atoms with Crippen LogP contribution in [0.1, 0.15) is 5.89 Å². The maximum Gasteiger partial charge on any atom is 0.240 e. The molecule has 2 aromatic rings. The van der Waals surface area contributed by atoms with Crippen LogP contribution in [-0.2, 0) is 6.54 Å². The van der Waals surface area contributed by atoms with E-state index < -0.39 is 11.6 Å². The molecule has 0 spiro atoms. The Bertz CT molecular complexity index is 529. The van der Waals surface area contributed by atoms with Gasteiger partial charge in [-0.05, 0) is 12.1 Å². The Balaban J connectivity index is 2.54. The summed E-state index contributed by atoms with van der Waals surface area (Å²) >= 11 is 3.11. The van der Waals surface area contributed by atoms with Gasteiger partial charge in [0.25, 0.3) is 0 Å². The van der Waals surface area contributed by atoms with Crippen molar-refractivity contribution in [2.45, 2.75) is 6.54 Å². The molecular weight excluding hydrogens is 281 g/mol. The zero-order valence-corrected chi connectivity index (χ0v) is 9.53. The predicted octanol–water partition coefficient (Wildman–Crippen LogP) is 1.80. The highest BCUT2D eigenvalue weighted by Gasteiger charge is 2.15. The molecule has 1 aromatic heterocycles. The number of hydrogen-bond donors (Lipinski definition) is 2. The van der Waals surface area contributed by atoms with Crippen molar-refractivity contribution in [3.8, 4) is 17.1 Å². The van der Waals surface area contributed by atoms with Crippen LogP contribution >= 0.6 is 15.9 Å². The van der Waals surface area contributed by atoms with Crippen molar-refractivity contribution < 1.29 is 14.0 Å². The highest BCUT2D eigenvalue weighted by atomic mass is 79.9. The zero-order valence-electron chi connectivity index (χ0n) is 7.94. The number of nitrogens with zero attached hydrogens (tertiary/aromatic N) is 2. The number of aromatic nitrogens is 2. The summed E-state index contributed by atoms with van der Waals surface area (Å²) in [5, 5.41) is 13.1. The lowest BCUT2D eigenvalue weighted by Crippen LogP contribution is -1.95. The monoisotopic (exact) mass is 287 g/mol. The summed E-state index contributed by atoms with van der Waals surface area (Å²) < 4.78 is 18.5. The van der Waals surface area contributed by atoms with E-state index in [0.717, 1.165) is 6.07 Å². The molecule has 0 fully saturated rings. The second-order valence-corrected chi connectivity index (χ2v) is 3.92. The molecule has 0 atom stereocenters. The number of phenols is 1. The number of aromatic hydroxyl groups is 1. The van der Waals surface area contributed by atoms with Gasteiger partial charge in [-0.1, -0.05) is 21.1 Å². The van der Waals surface area contributed by atoms with Gasteiger partial charge in [0.15, 0.2) is 11.6 Å². The lowest BCUT2D eigenvalue weighted by Gasteiger charge is -2.01. The van der Waals surface area contributed by atoms with Crippen LogP contribution < -0.4 is 5.73 Å². The fraction of sp³-hybridized carbons (Fsp3) is 0.111. The van der Waals surface area contributed by atoms with E-state index >= 15 is 0 Å². The van der Waals surface area contributed by atoms with Crippen LogP contribution in [0.3, 0.4) is 0 Å². The van der Waals surface area contributed by atoms with Gasteiger partial charge in [-0.25, -0.2) is 4.39 Å². The smallest absolute Gasteiger partial charge is 0.240 e. The molecule has 7 heteroatoms. The Labute approximate surface area is 98.2 Å². The lowest BCUT2D eigenvalue weighted by atomic mass is 10.2. The highest BCUT2D eigenvalue weighted by Crippen LogP contribution is 2.32. The van der Waals surface area contributed by atoms with E-state index in [1.807, 2.05) is 0 Å². The maximum absolute atomic E-state index is 13.2. The normalized spacial score (nSPS) is 10.7. The first kappa shape index (κ1) is 11.0. The summed E-state index contributed by atoms with van der Waals surface area (Å²) in [6, 6.07) is 2.63. The van der Waals surface area contributed by atoms with E-state index in [0.29, 0.717) is 4.47 Å². The Morgan fingerprint density at radius 3 is 2.88 bits per heavy atom. The summed E-state index contributed by atoms with van der Waals surface area (Å²) in [4.78, 5) is 3.89. The third kappa shape index (κ3) is 1.91. The largest absolute Gasteiger partial charge is 0.504 e. The van der Waals surface area contributed by atoms with Gasteiger partial charge in [0.2, 0.25) is 11.7 Å². The second-order valence-electron chi connectivity index (χ2n) is 3.00. The minimum absolute atomic E-state index is 0.0875. The summed E-state index contributed by atoms with van der Waals surface area (Å²) in [7, 11) is 0. The quantitative estimate of drug-likeness (QED) is 0.880. The van der Waals surface area contributed by atoms with Gasteiger partial charge in [0.1, 0.15) is 0 Å². The molecule has 1 heterocycles. The van der Waals surface area contributed by atoms with Crippen LogP contribution in [0.25, 0.3) is 11.4 Å². The van der Waals surface area contributed by atoms with E-state index in [2.05, 4.69) is 26.1 Å². The Hall–Kier alpha value is -1.47. The molecule has 0 aliphatic carbocycles. The number of hydrogen-bond acceptors (Lipinski definition) is 5. The van der Waals surface area contributed by atoms with Crippen molar-refractivity contribution in [3.63, 3.8) is 0 Å². The third-order valence-corrected chi connectivity index (χ3v) is 2.37. The third-order valence-electron chi connectivity index (χ3n) is 1.91. The summed E-state index contributed by atoms with van der Waals surface area (Å²) in [6.45, 7) is 0.0875. The van der Waals surface area contributed by atoms with Gasteiger partial charge in [-0.3, -0.25) is 0 Å². The maximum atomic E-state index is 13.2. The van der Waals surface area contributed by atoms with Gasteiger partial charge in [0.05, 0.1) is 12.1 Å². The average molecular weight is 288 g/mol. The lowest BCUT2D eigenvalue weighted by molar-refractivity contribution is 0.380. The van der Waals surface area contributed by atoms with Crippen LogP contribution in [0, 0.1) is 5.82 Å². The first-order chi connectivity index (χ1) is 7.61. The molecular formula is C9H7BrFN3O2. The summed E-state index contributed by atoms with van der Waals surface area (Å²) in [5.74, 6) is -0.969. The number of rotatable bonds is 2. The van der Waals surface area contributed by atoms with Crippen LogP contribution in [0.15, 0.2) is 21.1 Å². The standard InChI is InChI=1S/C9H7BrFN3O2/c10-4-1-5(8(15)6(11)2-4)9-13-7(3-12)16-14-9/h1-2,15H,3,12H2. The Morgan fingerprint density at radius 1 is 1.50 bits per heavy atom. The van der Waals surface area contributed by atoms with E-state index in [-0.39, 0.29) is 23.8 Å². The van der Waals surface area contributed by atoms with Gasteiger partial charge < -0.3 is 15.4 Å². The molecule has 0 aliphatic heterocycles. The molecule has 0 amide bonds. The van der Waals surface area contributed by atoms with Crippen molar-refractivity contribution in [1.82, 2.24) is 10.1 Å². The topological polar surface area (TPSA) is 85.2 Å². The van der Waals surface area contributed by atoms with Crippen LogP contribution in [-0.4, -0.2) is 15.2 Å². The molecule has 3 N–H and O–H groups in total. The van der Waals surface area contributed by atoms with E-state index in [4.69, 9.17) is 10.3 Å². The minimum atomic E-state index is -0.761. The number of nitrogens with two attached hydrogens (primary N) is 1. The molecule has 0 unspecified atom stereocenters. The van der Waals surface area contributed by atoms with Crippen LogP contribution in [0.5, 0.6) is 5.75 Å². The minimum Gasteiger partial charge on any atom is -0.504 e. The molecule has 0 aliphatic rings. The van der Waals surface area contributed by atoms with Gasteiger partial charge in [-0.2, -0.15) is 4.98 Å². The van der Waals surface area contributed by atoms with Gasteiger partial charge >= 0.3 is 0 Å². The molecule has 16 heavy (non-hydrogen) atoms. The van der Waals surface area contributed by atoms with E-state index in [1.54, 1.807) is 0 Å².